The standard InChI is InChI=1S/C14H23N5O/c1-10(2)16-13(20)12-9-15-14(17-11(12)3)19-7-5-18(4)6-8-19/h9-10H,5-8H2,1-4H3,(H,16,20). The highest BCUT2D eigenvalue weighted by molar-refractivity contribution is 5.95. The molecule has 1 amide bonds. The molecule has 0 aromatic carbocycles. The minimum absolute atomic E-state index is 0.109. The van der Waals surface area contributed by atoms with E-state index in [-0.39, 0.29) is 11.9 Å². The van der Waals surface area contributed by atoms with Gasteiger partial charge in [-0.2, -0.15) is 0 Å². The van der Waals surface area contributed by atoms with Crippen LogP contribution in [0.5, 0.6) is 0 Å². The van der Waals surface area contributed by atoms with Gasteiger partial charge in [0.2, 0.25) is 5.95 Å². The third kappa shape index (κ3) is 3.45. The Morgan fingerprint density at radius 1 is 1.30 bits per heavy atom. The van der Waals surface area contributed by atoms with Crippen molar-refractivity contribution < 1.29 is 4.79 Å². The Hall–Kier alpha value is -1.69. The summed E-state index contributed by atoms with van der Waals surface area (Å²) in [7, 11) is 2.11. The Morgan fingerprint density at radius 2 is 1.95 bits per heavy atom. The van der Waals surface area contributed by atoms with E-state index < -0.39 is 0 Å². The van der Waals surface area contributed by atoms with E-state index in [2.05, 4.69) is 32.1 Å². The van der Waals surface area contributed by atoms with Crippen LogP contribution in [-0.2, 0) is 0 Å². The number of anilines is 1. The van der Waals surface area contributed by atoms with Gasteiger partial charge >= 0.3 is 0 Å². The number of amides is 1. The zero-order valence-electron chi connectivity index (χ0n) is 12.7. The van der Waals surface area contributed by atoms with Crippen LogP contribution in [0, 0.1) is 6.92 Å². The van der Waals surface area contributed by atoms with Gasteiger partial charge in [-0.25, -0.2) is 9.97 Å². The van der Waals surface area contributed by atoms with Gasteiger partial charge in [-0.3, -0.25) is 4.79 Å². The van der Waals surface area contributed by atoms with Crippen molar-refractivity contribution in [2.75, 3.05) is 38.1 Å². The molecule has 0 radical (unpaired) electrons. The molecule has 0 bridgehead atoms. The van der Waals surface area contributed by atoms with E-state index >= 15 is 0 Å². The number of hydrogen-bond donors (Lipinski definition) is 1. The average molecular weight is 277 g/mol. The second kappa shape index (κ2) is 6.17. The van der Waals surface area contributed by atoms with Crippen molar-refractivity contribution in [1.29, 1.82) is 0 Å². The molecule has 1 aliphatic heterocycles. The lowest BCUT2D eigenvalue weighted by Crippen LogP contribution is -2.45. The predicted octanol–water partition coefficient (Wildman–Crippen LogP) is 0.675. The minimum atomic E-state index is -0.109. The fraction of sp³-hybridized carbons (Fsp3) is 0.643. The highest BCUT2D eigenvalue weighted by Crippen LogP contribution is 2.13. The van der Waals surface area contributed by atoms with Crippen LogP contribution in [0.1, 0.15) is 29.9 Å². The Balaban J connectivity index is 2.11. The van der Waals surface area contributed by atoms with E-state index in [1.54, 1.807) is 6.20 Å². The molecule has 0 aliphatic carbocycles. The Bertz CT molecular complexity index is 480. The van der Waals surface area contributed by atoms with E-state index in [1.165, 1.54) is 0 Å². The van der Waals surface area contributed by atoms with Crippen LogP contribution in [0.15, 0.2) is 6.20 Å². The number of nitrogens with one attached hydrogen (secondary N) is 1. The third-order valence-corrected chi connectivity index (χ3v) is 3.42. The number of nitrogens with zero attached hydrogens (tertiary/aromatic N) is 4. The van der Waals surface area contributed by atoms with E-state index in [4.69, 9.17) is 0 Å². The summed E-state index contributed by atoms with van der Waals surface area (Å²) < 4.78 is 0. The van der Waals surface area contributed by atoms with Crippen LogP contribution < -0.4 is 10.2 Å². The molecule has 6 nitrogen and oxygen atoms in total. The molecule has 1 aromatic rings. The lowest BCUT2D eigenvalue weighted by molar-refractivity contribution is 0.0941. The van der Waals surface area contributed by atoms with E-state index in [0.717, 1.165) is 37.8 Å². The Labute approximate surface area is 120 Å². The van der Waals surface area contributed by atoms with Crippen molar-refractivity contribution in [3.05, 3.63) is 17.5 Å². The Kier molecular flexibility index (Phi) is 4.54. The molecule has 2 heterocycles. The molecule has 0 atom stereocenters. The molecule has 20 heavy (non-hydrogen) atoms. The zero-order valence-corrected chi connectivity index (χ0v) is 12.7. The number of likely N-dealkylation sites (N-methyl/N-ethyl adjacent to an activating group) is 1. The summed E-state index contributed by atoms with van der Waals surface area (Å²) in [6.45, 7) is 9.60. The summed E-state index contributed by atoms with van der Waals surface area (Å²) in [6, 6.07) is 0.110. The van der Waals surface area contributed by atoms with Crippen molar-refractivity contribution in [1.82, 2.24) is 20.2 Å². The van der Waals surface area contributed by atoms with Crippen LogP contribution >= 0.6 is 0 Å². The lowest BCUT2D eigenvalue weighted by atomic mass is 10.2. The van der Waals surface area contributed by atoms with Gasteiger partial charge in [0.25, 0.3) is 5.91 Å². The molecule has 1 aliphatic rings. The molecule has 0 spiro atoms. The molecule has 0 unspecified atom stereocenters. The molecule has 1 aromatic heterocycles. The third-order valence-electron chi connectivity index (χ3n) is 3.42. The quantitative estimate of drug-likeness (QED) is 0.880. The summed E-state index contributed by atoms with van der Waals surface area (Å²) in [5, 5.41) is 2.87. The second-order valence-corrected chi connectivity index (χ2v) is 5.59. The highest BCUT2D eigenvalue weighted by Gasteiger charge is 2.18. The van der Waals surface area contributed by atoms with E-state index in [1.807, 2.05) is 20.8 Å². The first-order chi connectivity index (χ1) is 9.47. The summed E-state index contributed by atoms with van der Waals surface area (Å²) in [6.07, 6.45) is 1.63. The number of hydrogen-bond acceptors (Lipinski definition) is 5. The van der Waals surface area contributed by atoms with Gasteiger partial charge in [0, 0.05) is 38.4 Å². The first-order valence-electron chi connectivity index (χ1n) is 7.05. The van der Waals surface area contributed by atoms with E-state index in [9.17, 15) is 4.79 Å². The normalized spacial score (nSPS) is 16.6. The maximum absolute atomic E-state index is 12.0. The van der Waals surface area contributed by atoms with Crippen LogP contribution in [-0.4, -0.2) is 60.0 Å². The van der Waals surface area contributed by atoms with Crippen molar-refractivity contribution in [3.8, 4) is 0 Å². The van der Waals surface area contributed by atoms with Crippen LogP contribution in [0.25, 0.3) is 0 Å². The smallest absolute Gasteiger partial charge is 0.254 e. The average Bonchev–Trinajstić information content (AvgIpc) is 2.38. The van der Waals surface area contributed by atoms with Crippen molar-refractivity contribution in [3.63, 3.8) is 0 Å². The molecular formula is C14H23N5O. The summed E-state index contributed by atoms with van der Waals surface area (Å²) in [5.74, 6) is 0.610. The molecule has 1 fully saturated rings. The van der Waals surface area contributed by atoms with Gasteiger partial charge < -0.3 is 15.1 Å². The van der Waals surface area contributed by atoms with Crippen molar-refractivity contribution >= 4 is 11.9 Å². The Morgan fingerprint density at radius 3 is 2.50 bits per heavy atom. The van der Waals surface area contributed by atoms with Crippen molar-refractivity contribution in [2.45, 2.75) is 26.8 Å². The molecule has 6 heteroatoms. The molecular weight excluding hydrogens is 254 g/mol. The second-order valence-electron chi connectivity index (χ2n) is 5.59. The van der Waals surface area contributed by atoms with Crippen molar-refractivity contribution in [2.24, 2.45) is 0 Å². The minimum Gasteiger partial charge on any atom is -0.350 e. The van der Waals surface area contributed by atoms with Gasteiger partial charge in [-0.05, 0) is 27.8 Å². The van der Waals surface area contributed by atoms with Gasteiger partial charge in [0.05, 0.1) is 11.3 Å². The lowest BCUT2D eigenvalue weighted by Gasteiger charge is -2.32. The number of rotatable bonds is 3. The largest absolute Gasteiger partial charge is 0.350 e. The number of carbonyl (C=O) groups is 1. The maximum atomic E-state index is 12.0. The first-order valence-corrected chi connectivity index (χ1v) is 7.05. The molecule has 1 saturated heterocycles. The maximum Gasteiger partial charge on any atom is 0.254 e. The molecule has 110 valence electrons. The summed E-state index contributed by atoms with van der Waals surface area (Å²) in [4.78, 5) is 25.3. The molecule has 2 rings (SSSR count). The highest BCUT2D eigenvalue weighted by atomic mass is 16.1. The fourth-order valence-electron chi connectivity index (χ4n) is 2.18. The number of piperazine rings is 1. The predicted molar refractivity (Wildman–Crippen MR) is 79.1 cm³/mol. The molecule has 0 saturated carbocycles. The number of aryl methyl sites for hydroxylation is 1. The summed E-state index contributed by atoms with van der Waals surface area (Å²) in [5.41, 5.74) is 1.28. The van der Waals surface area contributed by atoms with E-state index in [0.29, 0.717) is 5.56 Å². The van der Waals surface area contributed by atoms with Gasteiger partial charge in [0.1, 0.15) is 0 Å². The summed E-state index contributed by atoms with van der Waals surface area (Å²) >= 11 is 0. The SMILES string of the molecule is Cc1nc(N2CCN(C)CC2)ncc1C(=O)NC(C)C. The van der Waals surface area contributed by atoms with Gasteiger partial charge in [-0.15, -0.1) is 0 Å². The first kappa shape index (κ1) is 14.7. The van der Waals surface area contributed by atoms with Gasteiger partial charge in [0.15, 0.2) is 0 Å². The monoisotopic (exact) mass is 277 g/mol. The van der Waals surface area contributed by atoms with Gasteiger partial charge in [-0.1, -0.05) is 0 Å². The fourth-order valence-corrected chi connectivity index (χ4v) is 2.18. The molecule has 1 N–H and O–H groups in total. The number of aromatic nitrogens is 2. The topological polar surface area (TPSA) is 61.4 Å². The number of carbonyl (C=O) groups excluding carboxylic acids is 1. The zero-order chi connectivity index (χ0) is 14.7. The van der Waals surface area contributed by atoms with Crippen LogP contribution in [0.2, 0.25) is 0 Å². The van der Waals surface area contributed by atoms with Crippen LogP contribution in [0.3, 0.4) is 0 Å². The van der Waals surface area contributed by atoms with Crippen LogP contribution in [0.4, 0.5) is 5.95 Å².